The third kappa shape index (κ3) is 4.02. The van der Waals surface area contributed by atoms with E-state index in [9.17, 15) is 5.11 Å². The minimum absolute atomic E-state index is 0.352. The summed E-state index contributed by atoms with van der Waals surface area (Å²) in [4.78, 5) is 0. The zero-order valence-electron chi connectivity index (χ0n) is 11.5. The molecule has 1 aromatic rings. The Labute approximate surface area is 110 Å². The fourth-order valence-electron chi connectivity index (χ4n) is 2.58. The van der Waals surface area contributed by atoms with Crippen molar-refractivity contribution in [3.05, 3.63) is 29.8 Å². The molecule has 0 saturated heterocycles. The highest BCUT2D eigenvalue weighted by Gasteiger charge is 2.30. The lowest BCUT2D eigenvalue weighted by molar-refractivity contribution is 0.385. The van der Waals surface area contributed by atoms with Gasteiger partial charge in [0.1, 0.15) is 5.75 Å². The lowest BCUT2D eigenvalue weighted by atomic mass is 10.0. The molecular weight excluding hydrogens is 222 g/mol. The predicted octanol–water partition coefficient (Wildman–Crippen LogP) is 3.49. The fourth-order valence-corrected chi connectivity index (χ4v) is 2.58. The largest absolute Gasteiger partial charge is 0.508 e. The van der Waals surface area contributed by atoms with Crippen LogP contribution in [-0.4, -0.2) is 17.2 Å². The molecule has 1 saturated carbocycles. The first-order valence-corrected chi connectivity index (χ1v) is 7.23. The van der Waals surface area contributed by atoms with Crippen molar-refractivity contribution in [3.63, 3.8) is 0 Å². The first-order chi connectivity index (χ1) is 8.69. The molecule has 0 aliphatic heterocycles. The molecule has 2 rings (SSSR count). The number of hydrogen-bond donors (Lipinski definition) is 2. The summed E-state index contributed by atoms with van der Waals surface area (Å²) < 4.78 is 0. The summed E-state index contributed by atoms with van der Waals surface area (Å²) in [6, 6.07) is 8.86. The summed E-state index contributed by atoms with van der Waals surface area (Å²) in [5.74, 6) is 1.29. The molecule has 2 heteroatoms. The van der Waals surface area contributed by atoms with Crippen molar-refractivity contribution in [1.82, 2.24) is 5.32 Å². The molecule has 18 heavy (non-hydrogen) atoms. The van der Waals surface area contributed by atoms with E-state index in [1.807, 2.05) is 12.1 Å². The van der Waals surface area contributed by atoms with E-state index in [2.05, 4.69) is 19.2 Å². The number of hydrogen-bond acceptors (Lipinski definition) is 2. The van der Waals surface area contributed by atoms with E-state index in [1.165, 1.54) is 24.8 Å². The van der Waals surface area contributed by atoms with Gasteiger partial charge in [0, 0.05) is 12.1 Å². The Morgan fingerprint density at radius 3 is 2.50 bits per heavy atom. The van der Waals surface area contributed by atoms with E-state index in [1.54, 1.807) is 12.1 Å². The molecule has 0 bridgehead atoms. The van der Waals surface area contributed by atoms with Crippen LogP contribution in [0.4, 0.5) is 0 Å². The van der Waals surface area contributed by atoms with Gasteiger partial charge < -0.3 is 10.4 Å². The Hall–Kier alpha value is -1.02. The van der Waals surface area contributed by atoms with Crippen molar-refractivity contribution < 1.29 is 5.11 Å². The predicted molar refractivity (Wildman–Crippen MR) is 75.8 cm³/mol. The Balaban J connectivity index is 1.73. The minimum Gasteiger partial charge on any atom is -0.508 e. The van der Waals surface area contributed by atoms with E-state index in [0.29, 0.717) is 11.8 Å². The summed E-state index contributed by atoms with van der Waals surface area (Å²) in [6.45, 7) is 4.56. The van der Waals surface area contributed by atoms with Crippen LogP contribution in [0.5, 0.6) is 5.75 Å². The molecule has 2 N–H and O–H groups in total. The highest BCUT2D eigenvalue weighted by Crippen LogP contribution is 2.34. The Bertz CT molecular complexity index is 356. The lowest BCUT2D eigenvalue weighted by Gasteiger charge is -2.22. The molecule has 0 amide bonds. The lowest BCUT2D eigenvalue weighted by Crippen LogP contribution is -2.37. The van der Waals surface area contributed by atoms with Gasteiger partial charge in [-0.25, -0.2) is 0 Å². The molecule has 2 atom stereocenters. The maximum atomic E-state index is 9.24. The van der Waals surface area contributed by atoms with Crippen LogP contribution in [0.25, 0.3) is 0 Å². The third-order valence-corrected chi connectivity index (χ3v) is 3.93. The number of benzene rings is 1. The van der Waals surface area contributed by atoms with Gasteiger partial charge >= 0.3 is 0 Å². The second-order valence-electron chi connectivity index (χ2n) is 5.63. The number of nitrogens with one attached hydrogen (secondary N) is 1. The van der Waals surface area contributed by atoms with Gasteiger partial charge in [-0.3, -0.25) is 0 Å². The normalized spacial score (nSPS) is 18.6. The molecule has 100 valence electrons. The topological polar surface area (TPSA) is 32.3 Å². The molecule has 0 radical (unpaired) electrons. The average molecular weight is 247 g/mol. The summed E-state index contributed by atoms with van der Waals surface area (Å²) in [5, 5.41) is 13.0. The zero-order valence-corrected chi connectivity index (χ0v) is 11.5. The molecular formula is C16H25NO. The van der Waals surface area contributed by atoms with Crippen LogP contribution in [0.15, 0.2) is 24.3 Å². The second kappa shape index (κ2) is 6.24. The van der Waals surface area contributed by atoms with E-state index >= 15 is 0 Å². The molecule has 0 spiro atoms. The maximum absolute atomic E-state index is 9.24. The Kier molecular flexibility index (Phi) is 4.65. The van der Waals surface area contributed by atoms with Crippen molar-refractivity contribution in [2.75, 3.05) is 0 Å². The van der Waals surface area contributed by atoms with Gasteiger partial charge in [-0.1, -0.05) is 19.1 Å². The number of aromatic hydroxyl groups is 1. The fraction of sp³-hybridized carbons (Fsp3) is 0.625. The van der Waals surface area contributed by atoms with Gasteiger partial charge in [-0.2, -0.15) is 0 Å². The van der Waals surface area contributed by atoms with Gasteiger partial charge in [0.15, 0.2) is 0 Å². The van der Waals surface area contributed by atoms with Crippen LogP contribution in [0, 0.1) is 5.92 Å². The molecule has 0 aromatic heterocycles. The van der Waals surface area contributed by atoms with E-state index in [-0.39, 0.29) is 0 Å². The molecule has 1 aliphatic rings. The first-order valence-electron chi connectivity index (χ1n) is 7.23. The van der Waals surface area contributed by atoms with Gasteiger partial charge in [0.2, 0.25) is 0 Å². The van der Waals surface area contributed by atoms with Gasteiger partial charge in [0.05, 0.1) is 0 Å². The Morgan fingerprint density at radius 2 is 1.94 bits per heavy atom. The number of phenolic OH excluding ortho intramolecular Hbond substituents is 1. The first kappa shape index (κ1) is 13.4. The second-order valence-corrected chi connectivity index (χ2v) is 5.63. The number of aryl methyl sites for hydroxylation is 1. The van der Waals surface area contributed by atoms with Crippen LogP contribution in [0.2, 0.25) is 0 Å². The van der Waals surface area contributed by atoms with Crippen LogP contribution in [-0.2, 0) is 6.42 Å². The van der Waals surface area contributed by atoms with Gasteiger partial charge in [0.25, 0.3) is 0 Å². The van der Waals surface area contributed by atoms with Crippen molar-refractivity contribution >= 4 is 0 Å². The van der Waals surface area contributed by atoms with E-state index in [0.717, 1.165) is 24.8 Å². The third-order valence-electron chi connectivity index (χ3n) is 3.93. The summed E-state index contributed by atoms with van der Waals surface area (Å²) in [6.07, 6.45) is 6.31. The molecule has 2 nitrogen and oxygen atoms in total. The smallest absolute Gasteiger partial charge is 0.115 e. The Morgan fingerprint density at radius 1 is 1.28 bits per heavy atom. The molecule has 1 fully saturated rings. The standard InChI is InChI=1S/C16H25NO/c1-3-16(14-8-9-14)17-12(2)4-5-13-6-10-15(18)11-7-13/h6-7,10-12,14,16-18H,3-5,8-9H2,1-2H3. The van der Waals surface area contributed by atoms with Gasteiger partial charge in [-0.05, 0) is 62.6 Å². The zero-order chi connectivity index (χ0) is 13.0. The summed E-state index contributed by atoms with van der Waals surface area (Å²) in [5.41, 5.74) is 1.31. The summed E-state index contributed by atoms with van der Waals surface area (Å²) in [7, 11) is 0. The highest BCUT2D eigenvalue weighted by molar-refractivity contribution is 5.25. The van der Waals surface area contributed by atoms with Gasteiger partial charge in [-0.15, -0.1) is 0 Å². The van der Waals surface area contributed by atoms with Crippen LogP contribution in [0.3, 0.4) is 0 Å². The molecule has 1 aliphatic carbocycles. The van der Waals surface area contributed by atoms with E-state index in [4.69, 9.17) is 0 Å². The molecule has 2 unspecified atom stereocenters. The average Bonchev–Trinajstić information content (AvgIpc) is 3.19. The molecule has 0 heterocycles. The maximum Gasteiger partial charge on any atom is 0.115 e. The van der Waals surface area contributed by atoms with Crippen molar-refractivity contribution in [2.45, 2.75) is 58.0 Å². The van der Waals surface area contributed by atoms with Crippen LogP contribution >= 0.6 is 0 Å². The van der Waals surface area contributed by atoms with Crippen LogP contribution in [0.1, 0.15) is 45.1 Å². The molecule has 1 aromatic carbocycles. The SMILES string of the molecule is CCC(NC(C)CCc1ccc(O)cc1)C1CC1. The number of rotatable bonds is 7. The van der Waals surface area contributed by atoms with Crippen molar-refractivity contribution in [2.24, 2.45) is 5.92 Å². The minimum atomic E-state index is 0.352. The van der Waals surface area contributed by atoms with E-state index < -0.39 is 0 Å². The van der Waals surface area contributed by atoms with Crippen molar-refractivity contribution in [3.8, 4) is 5.75 Å². The monoisotopic (exact) mass is 247 g/mol. The number of phenols is 1. The highest BCUT2D eigenvalue weighted by atomic mass is 16.3. The van der Waals surface area contributed by atoms with Crippen molar-refractivity contribution in [1.29, 1.82) is 0 Å². The quantitative estimate of drug-likeness (QED) is 0.773. The summed E-state index contributed by atoms with van der Waals surface area (Å²) >= 11 is 0. The van der Waals surface area contributed by atoms with Crippen LogP contribution < -0.4 is 5.32 Å².